The fraction of sp³-hybridized carbons (Fsp3) is 0.200. The van der Waals surface area contributed by atoms with E-state index in [-0.39, 0.29) is 5.82 Å². The third-order valence-electron chi connectivity index (χ3n) is 2.69. The monoisotopic (exact) mass is 230 g/mol. The molecular formula is C15H15FO. The number of halogens is 1. The molecule has 0 aliphatic carbocycles. The van der Waals surface area contributed by atoms with Gasteiger partial charge in [-0.2, -0.15) is 0 Å². The first-order valence-electron chi connectivity index (χ1n) is 5.74. The Kier molecular flexibility index (Phi) is 3.76. The second-order valence-electron chi connectivity index (χ2n) is 3.87. The molecule has 0 aliphatic rings. The Morgan fingerprint density at radius 1 is 1.00 bits per heavy atom. The van der Waals surface area contributed by atoms with Gasteiger partial charge in [-0.15, -0.1) is 0 Å². The normalized spacial score (nSPS) is 10.2. The van der Waals surface area contributed by atoms with Gasteiger partial charge in [-0.25, -0.2) is 4.39 Å². The van der Waals surface area contributed by atoms with Gasteiger partial charge in [-0.05, 0) is 41.8 Å². The molecule has 0 fully saturated rings. The Morgan fingerprint density at radius 3 is 2.47 bits per heavy atom. The third-order valence-corrected chi connectivity index (χ3v) is 2.69. The van der Waals surface area contributed by atoms with Crippen molar-refractivity contribution in [1.82, 2.24) is 0 Å². The van der Waals surface area contributed by atoms with Crippen molar-refractivity contribution in [3.05, 3.63) is 65.5 Å². The summed E-state index contributed by atoms with van der Waals surface area (Å²) >= 11 is 0. The quantitative estimate of drug-likeness (QED) is 0.772. The molecule has 0 bridgehead atoms. The van der Waals surface area contributed by atoms with Crippen LogP contribution in [0.25, 0.3) is 0 Å². The number of aryl methyl sites for hydroxylation is 1. The van der Waals surface area contributed by atoms with Gasteiger partial charge in [0.05, 0.1) is 0 Å². The number of hydrogen-bond donors (Lipinski definition) is 0. The second-order valence-corrected chi connectivity index (χ2v) is 3.87. The van der Waals surface area contributed by atoms with E-state index in [9.17, 15) is 4.39 Å². The topological polar surface area (TPSA) is 9.23 Å². The third kappa shape index (κ3) is 3.06. The number of ether oxygens (including phenoxy) is 1. The minimum atomic E-state index is -0.214. The van der Waals surface area contributed by atoms with Gasteiger partial charge in [0.1, 0.15) is 18.2 Å². The van der Waals surface area contributed by atoms with Gasteiger partial charge in [-0.3, -0.25) is 0 Å². The van der Waals surface area contributed by atoms with E-state index in [1.54, 1.807) is 6.07 Å². The van der Waals surface area contributed by atoms with Crippen molar-refractivity contribution in [3.8, 4) is 5.75 Å². The molecule has 2 aromatic rings. The van der Waals surface area contributed by atoms with Crippen molar-refractivity contribution in [2.24, 2.45) is 0 Å². The Bertz CT molecular complexity index is 480. The lowest BCUT2D eigenvalue weighted by Gasteiger charge is -2.10. The summed E-state index contributed by atoms with van der Waals surface area (Å²) in [5.41, 5.74) is 2.04. The molecular weight excluding hydrogens is 215 g/mol. The predicted octanol–water partition coefficient (Wildman–Crippen LogP) is 3.97. The molecule has 0 N–H and O–H groups in total. The summed E-state index contributed by atoms with van der Waals surface area (Å²) in [5.74, 6) is 0.590. The summed E-state index contributed by atoms with van der Waals surface area (Å²) in [6.45, 7) is 2.46. The first kappa shape index (κ1) is 11.6. The highest BCUT2D eigenvalue weighted by atomic mass is 19.1. The number of benzene rings is 2. The molecule has 2 heteroatoms. The highest BCUT2D eigenvalue weighted by Gasteiger charge is 2.03. The predicted molar refractivity (Wildman–Crippen MR) is 66.6 cm³/mol. The van der Waals surface area contributed by atoms with Gasteiger partial charge >= 0.3 is 0 Å². The lowest BCUT2D eigenvalue weighted by Crippen LogP contribution is -2.00. The number of rotatable bonds is 4. The summed E-state index contributed by atoms with van der Waals surface area (Å²) in [7, 11) is 0. The first-order chi connectivity index (χ1) is 8.29. The van der Waals surface area contributed by atoms with Crippen molar-refractivity contribution in [1.29, 1.82) is 0 Å². The van der Waals surface area contributed by atoms with Crippen LogP contribution in [-0.2, 0) is 13.0 Å². The van der Waals surface area contributed by atoms with E-state index in [0.29, 0.717) is 6.61 Å². The van der Waals surface area contributed by atoms with E-state index in [1.165, 1.54) is 6.07 Å². The standard InChI is InChI=1S/C15H15FO/c1-2-12-8-9-14(16)10-13(12)11-17-15-6-4-3-5-7-15/h3-10H,2,11H2,1H3. The Morgan fingerprint density at radius 2 is 1.76 bits per heavy atom. The average Bonchev–Trinajstić information content (AvgIpc) is 2.38. The van der Waals surface area contributed by atoms with Gasteiger partial charge in [-0.1, -0.05) is 31.2 Å². The SMILES string of the molecule is CCc1ccc(F)cc1COc1ccccc1. The Labute approximate surface area is 101 Å². The maximum absolute atomic E-state index is 13.2. The van der Waals surface area contributed by atoms with Crippen LogP contribution in [-0.4, -0.2) is 0 Å². The van der Waals surface area contributed by atoms with Crippen molar-refractivity contribution < 1.29 is 9.13 Å². The van der Waals surface area contributed by atoms with Crippen LogP contribution in [0.2, 0.25) is 0 Å². The lowest BCUT2D eigenvalue weighted by atomic mass is 10.1. The molecule has 0 unspecified atom stereocenters. The molecule has 0 spiro atoms. The summed E-state index contributed by atoms with van der Waals surface area (Å²) in [4.78, 5) is 0. The van der Waals surface area contributed by atoms with Crippen molar-refractivity contribution >= 4 is 0 Å². The maximum Gasteiger partial charge on any atom is 0.123 e. The molecule has 2 rings (SSSR count). The largest absolute Gasteiger partial charge is 0.489 e. The van der Waals surface area contributed by atoms with Crippen LogP contribution in [0.4, 0.5) is 4.39 Å². The number of para-hydroxylation sites is 1. The zero-order chi connectivity index (χ0) is 12.1. The van der Waals surface area contributed by atoms with Crippen molar-refractivity contribution in [3.63, 3.8) is 0 Å². The number of hydrogen-bond acceptors (Lipinski definition) is 1. The maximum atomic E-state index is 13.2. The van der Waals surface area contributed by atoms with E-state index >= 15 is 0 Å². The molecule has 0 amide bonds. The second kappa shape index (κ2) is 5.48. The Balaban J connectivity index is 2.11. The molecule has 0 saturated carbocycles. The van der Waals surface area contributed by atoms with E-state index in [4.69, 9.17) is 4.74 Å². The lowest BCUT2D eigenvalue weighted by molar-refractivity contribution is 0.304. The molecule has 88 valence electrons. The van der Waals surface area contributed by atoms with Gasteiger partial charge in [0.25, 0.3) is 0 Å². The van der Waals surface area contributed by atoms with E-state index in [1.807, 2.05) is 36.4 Å². The molecule has 1 nitrogen and oxygen atoms in total. The van der Waals surface area contributed by atoms with E-state index in [2.05, 4.69) is 6.92 Å². The van der Waals surface area contributed by atoms with E-state index in [0.717, 1.165) is 23.3 Å². The Hall–Kier alpha value is -1.83. The van der Waals surface area contributed by atoms with Gasteiger partial charge < -0.3 is 4.74 Å². The van der Waals surface area contributed by atoms with Gasteiger partial charge in [0.15, 0.2) is 0 Å². The summed E-state index contributed by atoms with van der Waals surface area (Å²) < 4.78 is 18.8. The highest BCUT2D eigenvalue weighted by Crippen LogP contribution is 2.16. The molecule has 0 aliphatic heterocycles. The molecule has 17 heavy (non-hydrogen) atoms. The molecule has 0 atom stereocenters. The summed E-state index contributed by atoms with van der Waals surface area (Å²) in [6.07, 6.45) is 0.883. The van der Waals surface area contributed by atoms with Crippen LogP contribution in [0, 0.1) is 5.82 Å². The highest BCUT2D eigenvalue weighted by molar-refractivity contribution is 5.28. The van der Waals surface area contributed by atoms with Crippen LogP contribution in [0.15, 0.2) is 48.5 Å². The zero-order valence-corrected chi connectivity index (χ0v) is 9.82. The fourth-order valence-corrected chi connectivity index (χ4v) is 1.75. The zero-order valence-electron chi connectivity index (χ0n) is 9.82. The first-order valence-corrected chi connectivity index (χ1v) is 5.74. The van der Waals surface area contributed by atoms with Crippen molar-refractivity contribution in [2.45, 2.75) is 20.0 Å². The van der Waals surface area contributed by atoms with Crippen LogP contribution in [0.5, 0.6) is 5.75 Å². The summed E-state index contributed by atoms with van der Waals surface area (Å²) in [6, 6.07) is 14.4. The minimum absolute atomic E-state index is 0.214. The van der Waals surface area contributed by atoms with Gasteiger partial charge in [0, 0.05) is 0 Å². The minimum Gasteiger partial charge on any atom is -0.489 e. The fourth-order valence-electron chi connectivity index (χ4n) is 1.75. The average molecular weight is 230 g/mol. The van der Waals surface area contributed by atoms with Crippen LogP contribution in [0.3, 0.4) is 0 Å². The van der Waals surface area contributed by atoms with Crippen LogP contribution < -0.4 is 4.74 Å². The smallest absolute Gasteiger partial charge is 0.123 e. The molecule has 2 aromatic carbocycles. The van der Waals surface area contributed by atoms with E-state index < -0.39 is 0 Å². The van der Waals surface area contributed by atoms with Crippen LogP contribution in [0.1, 0.15) is 18.1 Å². The van der Waals surface area contributed by atoms with Gasteiger partial charge in [0.2, 0.25) is 0 Å². The molecule has 0 radical (unpaired) electrons. The van der Waals surface area contributed by atoms with Crippen molar-refractivity contribution in [2.75, 3.05) is 0 Å². The van der Waals surface area contributed by atoms with Crippen LogP contribution >= 0.6 is 0 Å². The molecule has 0 aromatic heterocycles. The summed E-state index contributed by atoms with van der Waals surface area (Å²) in [5, 5.41) is 0. The molecule has 0 saturated heterocycles. The molecule has 0 heterocycles.